The Morgan fingerprint density at radius 3 is 2.71 bits per heavy atom. The lowest BCUT2D eigenvalue weighted by molar-refractivity contribution is -0.147. The molecule has 0 fully saturated rings. The molecule has 0 saturated carbocycles. The number of unbranched alkanes of at least 4 members (excludes halogenated alkanes) is 1. The van der Waals surface area contributed by atoms with Crippen LogP contribution in [0.5, 0.6) is 0 Å². The van der Waals surface area contributed by atoms with Crippen LogP contribution >= 0.6 is 15.9 Å². The van der Waals surface area contributed by atoms with Crippen LogP contribution in [-0.4, -0.2) is 24.5 Å². The number of esters is 1. The summed E-state index contributed by atoms with van der Waals surface area (Å²) in [5.41, 5.74) is 0. The standard InChI is InChI=1S/C10H17BrO3/c1-3-13-6-4-5-7-14-10(12)9(2)8-11/h3,9H,1,4-8H2,2H3. The summed E-state index contributed by atoms with van der Waals surface area (Å²) >= 11 is 3.23. The van der Waals surface area contributed by atoms with Crippen molar-refractivity contribution in [1.29, 1.82) is 0 Å². The van der Waals surface area contributed by atoms with E-state index in [-0.39, 0.29) is 11.9 Å². The van der Waals surface area contributed by atoms with E-state index in [1.165, 1.54) is 6.26 Å². The molecule has 0 aromatic heterocycles. The van der Waals surface area contributed by atoms with Gasteiger partial charge in [0.15, 0.2) is 0 Å². The molecule has 0 bridgehead atoms. The third kappa shape index (κ3) is 6.95. The zero-order chi connectivity index (χ0) is 10.8. The van der Waals surface area contributed by atoms with Gasteiger partial charge in [0.2, 0.25) is 0 Å². The first-order chi connectivity index (χ1) is 6.72. The van der Waals surface area contributed by atoms with Gasteiger partial charge in [-0.15, -0.1) is 0 Å². The topological polar surface area (TPSA) is 35.5 Å². The van der Waals surface area contributed by atoms with Crippen LogP contribution in [-0.2, 0) is 14.3 Å². The highest BCUT2D eigenvalue weighted by atomic mass is 79.9. The molecule has 0 rings (SSSR count). The molecular weight excluding hydrogens is 248 g/mol. The Labute approximate surface area is 93.6 Å². The maximum Gasteiger partial charge on any atom is 0.309 e. The summed E-state index contributed by atoms with van der Waals surface area (Å²) in [7, 11) is 0. The van der Waals surface area contributed by atoms with Crippen LogP contribution in [0.2, 0.25) is 0 Å². The summed E-state index contributed by atoms with van der Waals surface area (Å²) in [5.74, 6) is -0.217. The van der Waals surface area contributed by atoms with E-state index in [0.717, 1.165) is 12.8 Å². The lowest BCUT2D eigenvalue weighted by atomic mass is 10.2. The molecule has 0 aliphatic carbocycles. The molecule has 0 spiro atoms. The van der Waals surface area contributed by atoms with Crippen LogP contribution in [0.1, 0.15) is 19.8 Å². The molecular formula is C10H17BrO3. The predicted octanol–water partition coefficient (Wildman–Crippen LogP) is 2.50. The molecule has 1 atom stereocenters. The first kappa shape index (κ1) is 13.5. The van der Waals surface area contributed by atoms with Crippen molar-refractivity contribution < 1.29 is 14.3 Å². The second-order valence-electron chi connectivity index (χ2n) is 2.97. The number of ether oxygens (including phenoxy) is 2. The molecule has 0 radical (unpaired) electrons. The zero-order valence-electron chi connectivity index (χ0n) is 8.50. The number of carbonyl (C=O) groups is 1. The number of hydrogen-bond donors (Lipinski definition) is 0. The molecule has 0 heterocycles. The summed E-state index contributed by atoms with van der Waals surface area (Å²) in [6, 6.07) is 0. The Bertz CT molecular complexity index is 171. The zero-order valence-corrected chi connectivity index (χ0v) is 10.1. The van der Waals surface area contributed by atoms with E-state index in [9.17, 15) is 4.79 Å². The third-order valence-electron chi connectivity index (χ3n) is 1.65. The highest BCUT2D eigenvalue weighted by Crippen LogP contribution is 2.03. The summed E-state index contributed by atoms with van der Waals surface area (Å²) in [5, 5.41) is 0.644. The van der Waals surface area contributed by atoms with Crippen LogP contribution in [0, 0.1) is 5.92 Å². The van der Waals surface area contributed by atoms with E-state index in [2.05, 4.69) is 22.5 Å². The van der Waals surface area contributed by atoms with Gasteiger partial charge in [0, 0.05) is 5.33 Å². The predicted molar refractivity (Wildman–Crippen MR) is 59.3 cm³/mol. The number of carbonyl (C=O) groups excluding carboxylic acids is 1. The lowest BCUT2D eigenvalue weighted by Crippen LogP contribution is -2.16. The quantitative estimate of drug-likeness (QED) is 0.293. The van der Waals surface area contributed by atoms with Crippen molar-refractivity contribution in [2.45, 2.75) is 19.8 Å². The molecule has 0 aromatic rings. The van der Waals surface area contributed by atoms with Crippen LogP contribution in [0.25, 0.3) is 0 Å². The third-order valence-corrected chi connectivity index (χ3v) is 2.62. The second-order valence-corrected chi connectivity index (χ2v) is 3.61. The Morgan fingerprint density at radius 1 is 1.50 bits per heavy atom. The number of hydrogen-bond acceptors (Lipinski definition) is 3. The van der Waals surface area contributed by atoms with Gasteiger partial charge in [0.05, 0.1) is 25.4 Å². The maximum absolute atomic E-state index is 11.2. The van der Waals surface area contributed by atoms with E-state index < -0.39 is 0 Å². The first-order valence-corrected chi connectivity index (χ1v) is 5.79. The van der Waals surface area contributed by atoms with Crippen molar-refractivity contribution in [3.63, 3.8) is 0 Å². The monoisotopic (exact) mass is 264 g/mol. The molecule has 0 aliphatic rings. The minimum Gasteiger partial charge on any atom is -0.502 e. The number of halogens is 1. The Hall–Kier alpha value is -0.510. The highest BCUT2D eigenvalue weighted by Gasteiger charge is 2.11. The van der Waals surface area contributed by atoms with Crippen molar-refractivity contribution >= 4 is 21.9 Å². The van der Waals surface area contributed by atoms with Gasteiger partial charge in [0.25, 0.3) is 0 Å². The van der Waals surface area contributed by atoms with Crippen molar-refractivity contribution in [3.8, 4) is 0 Å². The molecule has 0 saturated heterocycles. The fraction of sp³-hybridized carbons (Fsp3) is 0.700. The first-order valence-electron chi connectivity index (χ1n) is 4.67. The van der Waals surface area contributed by atoms with Gasteiger partial charge < -0.3 is 9.47 Å². The van der Waals surface area contributed by atoms with Gasteiger partial charge in [-0.3, -0.25) is 4.79 Å². The second kappa shape index (κ2) is 9.06. The van der Waals surface area contributed by atoms with Gasteiger partial charge in [-0.1, -0.05) is 29.4 Å². The highest BCUT2D eigenvalue weighted by molar-refractivity contribution is 9.09. The van der Waals surface area contributed by atoms with E-state index in [4.69, 9.17) is 9.47 Å². The summed E-state index contributed by atoms with van der Waals surface area (Å²) in [6.07, 6.45) is 3.12. The fourth-order valence-electron chi connectivity index (χ4n) is 0.749. The average molecular weight is 265 g/mol. The smallest absolute Gasteiger partial charge is 0.309 e. The van der Waals surface area contributed by atoms with Gasteiger partial charge in [0.1, 0.15) is 0 Å². The maximum atomic E-state index is 11.2. The molecule has 3 nitrogen and oxygen atoms in total. The minimum atomic E-state index is -0.147. The number of rotatable bonds is 8. The SMILES string of the molecule is C=COCCCCOC(=O)C(C)CBr. The fourth-order valence-corrected chi connectivity index (χ4v) is 1.01. The van der Waals surface area contributed by atoms with Crippen molar-refractivity contribution in [2.75, 3.05) is 18.5 Å². The molecule has 0 aliphatic heterocycles. The molecule has 0 amide bonds. The molecule has 0 aromatic carbocycles. The molecule has 82 valence electrons. The Kier molecular flexibility index (Phi) is 8.73. The average Bonchev–Trinajstić information content (AvgIpc) is 2.21. The van der Waals surface area contributed by atoms with E-state index in [1.807, 2.05) is 6.92 Å². The van der Waals surface area contributed by atoms with Crippen LogP contribution < -0.4 is 0 Å². The minimum absolute atomic E-state index is 0.0700. The molecule has 1 unspecified atom stereocenters. The summed E-state index contributed by atoms with van der Waals surface area (Å²) in [4.78, 5) is 11.2. The van der Waals surface area contributed by atoms with E-state index in [1.54, 1.807) is 0 Å². The van der Waals surface area contributed by atoms with E-state index in [0.29, 0.717) is 18.5 Å². The van der Waals surface area contributed by atoms with Crippen molar-refractivity contribution in [3.05, 3.63) is 12.8 Å². The normalized spacial score (nSPS) is 11.9. The van der Waals surface area contributed by atoms with E-state index >= 15 is 0 Å². The van der Waals surface area contributed by atoms with Gasteiger partial charge in [-0.2, -0.15) is 0 Å². The van der Waals surface area contributed by atoms with Gasteiger partial charge in [-0.25, -0.2) is 0 Å². The van der Waals surface area contributed by atoms with Gasteiger partial charge in [-0.05, 0) is 12.8 Å². The molecule has 4 heteroatoms. The van der Waals surface area contributed by atoms with Gasteiger partial charge >= 0.3 is 5.97 Å². The van der Waals surface area contributed by atoms with Crippen molar-refractivity contribution in [1.82, 2.24) is 0 Å². The van der Waals surface area contributed by atoms with Crippen LogP contribution in [0.3, 0.4) is 0 Å². The Morgan fingerprint density at radius 2 is 2.14 bits per heavy atom. The largest absolute Gasteiger partial charge is 0.502 e. The lowest BCUT2D eigenvalue weighted by Gasteiger charge is -2.08. The molecule has 14 heavy (non-hydrogen) atoms. The Balaban J connectivity index is 3.27. The van der Waals surface area contributed by atoms with Crippen LogP contribution in [0.4, 0.5) is 0 Å². The van der Waals surface area contributed by atoms with Crippen LogP contribution in [0.15, 0.2) is 12.8 Å². The van der Waals surface area contributed by atoms with Crippen molar-refractivity contribution in [2.24, 2.45) is 5.92 Å². The summed E-state index contributed by atoms with van der Waals surface area (Å²) < 4.78 is 9.95. The summed E-state index contributed by atoms with van der Waals surface area (Å²) in [6.45, 7) is 6.36. The molecule has 0 N–H and O–H groups in total. The number of alkyl halides is 1.